The maximum absolute atomic E-state index is 12.3. The summed E-state index contributed by atoms with van der Waals surface area (Å²) in [5.74, 6) is -0.507. The summed E-state index contributed by atoms with van der Waals surface area (Å²) in [4.78, 5) is 37.1. The number of pyridine rings is 2. The van der Waals surface area contributed by atoms with Crippen LogP contribution in [0, 0.1) is 6.92 Å². The molecule has 2 aromatic heterocycles. The van der Waals surface area contributed by atoms with Gasteiger partial charge in [0.05, 0.1) is 77.4 Å². The summed E-state index contributed by atoms with van der Waals surface area (Å²) in [7, 11) is 1.34. The number of amides is 1. The molecule has 0 saturated carbocycles. The Kier molecular flexibility index (Phi) is 15.0. The minimum absolute atomic E-state index is 0.223. The van der Waals surface area contributed by atoms with E-state index in [1.165, 1.54) is 7.11 Å². The SMILES string of the molecule is COC(=O)c1cccc(C(c2ccc(NC=O)cc2)N2CCOCCOCCN(Cc3cccc(C)n3)CCOCCOCC2)n1. The Balaban J connectivity index is 1.44. The van der Waals surface area contributed by atoms with Crippen molar-refractivity contribution in [1.82, 2.24) is 19.8 Å². The Morgan fingerprint density at radius 3 is 2.02 bits per heavy atom. The van der Waals surface area contributed by atoms with Gasteiger partial charge in [-0.25, -0.2) is 9.78 Å². The Labute approximate surface area is 271 Å². The second-order valence-corrected chi connectivity index (χ2v) is 10.8. The minimum atomic E-state index is -0.507. The third-order valence-corrected chi connectivity index (χ3v) is 7.49. The fourth-order valence-electron chi connectivity index (χ4n) is 5.17. The highest BCUT2D eigenvalue weighted by Crippen LogP contribution is 2.29. The average Bonchev–Trinajstić information content (AvgIpc) is 3.07. The molecular weight excluding hydrogens is 590 g/mol. The lowest BCUT2D eigenvalue weighted by atomic mass is 10.00. The van der Waals surface area contributed by atoms with E-state index in [0.29, 0.717) is 83.7 Å². The molecule has 3 heterocycles. The van der Waals surface area contributed by atoms with Gasteiger partial charge in [-0.15, -0.1) is 0 Å². The third-order valence-electron chi connectivity index (χ3n) is 7.49. The van der Waals surface area contributed by atoms with E-state index in [-0.39, 0.29) is 11.7 Å². The van der Waals surface area contributed by atoms with Crippen LogP contribution in [0.25, 0.3) is 0 Å². The van der Waals surface area contributed by atoms with E-state index in [1.54, 1.807) is 12.1 Å². The van der Waals surface area contributed by atoms with Gasteiger partial charge in [0.2, 0.25) is 6.41 Å². The molecule has 4 rings (SSSR count). The molecule has 12 heteroatoms. The average molecular weight is 636 g/mol. The first kappa shape index (κ1) is 35.1. The molecule has 0 aliphatic carbocycles. The molecule has 1 amide bonds. The van der Waals surface area contributed by atoms with Gasteiger partial charge < -0.3 is 29.0 Å². The van der Waals surface area contributed by atoms with E-state index < -0.39 is 5.97 Å². The Bertz CT molecular complexity index is 1320. The van der Waals surface area contributed by atoms with Crippen LogP contribution in [0.4, 0.5) is 5.69 Å². The lowest BCUT2D eigenvalue weighted by molar-refractivity contribution is -0.105. The van der Waals surface area contributed by atoms with Gasteiger partial charge in [-0.2, -0.15) is 0 Å². The second-order valence-electron chi connectivity index (χ2n) is 10.8. The van der Waals surface area contributed by atoms with Gasteiger partial charge in [0.15, 0.2) is 0 Å². The zero-order chi connectivity index (χ0) is 32.4. The zero-order valence-corrected chi connectivity index (χ0v) is 26.8. The number of aromatic nitrogens is 2. The van der Waals surface area contributed by atoms with Gasteiger partial charge in [0.1, 0.15) is 5.69 Å². The van der Waals surface area contributed by atoms with E-state index in [0.717, 1.165) is 36.6 Å². The number of benzene rings is 1. The summed E-state index contributed by atoms with van der Waals surface area (Å²) in [6.45, 7) is 9.30. The van der Waals surface area contributed by atoms with E-state index in [4.69, 9.17) is 23.7 Å². The first-order valence-corrected chi connectivity index (χ1v) is 15.6. The summed E-state index contributed by atoms with van der Waals surface area (Å²) >= 11 is 0. The van der Waals surface area contributed by atoms with Crippen molar-refractivity contribution in [3.63, 3.8) is 0 Å². The summed E-state index contributed by atoms with van der Waals surface area (Å²) in [5.41, 5.74) is 4.54. The first-order chi connectivity index (χ1) is 22.6. The van der Waals surface area contributed by atoms with Crippen LogP contribution in [0.2, 0.25) is 0 Å². The topological polar surface area (TPSA) is 125 Å². The number of ether oxygens (including phenoxy) is 5. The molecule has 1 N–H and O–H groups in total. The predicted octanol–water partition coefficient (Wildman–Crippen LogP) is 3.11. The summed E-state index contributed by atoms with van der Waals surface area (Å²) in [6, 6.07) is 18.6. The van der Waals surface area contributed by atoms with E-state index >= 15 is 0 Å². The van der Waals surface area contributed by atoms with Crippen molar-refractivity contribution >= 4 is 18.1 Å². The maximum Gasteiger partial charge on any atom is 0.356 e. The minimum Gasteiger partial charge on any atom is -0.464 e. The summed E-state index contributed by atoms with van der Waals surface area (Å²) in [6.07, 6.45) is 0.643. The fourth-order valence-corrected chi connectivity index (χ4v) is 5.17. The van der Waals surface area contributed by atoms with E-state index in [1.807, 2.05) is 55.5 Å². The molecular formula is C34H45N5O7. The van der Waals surface area contributed by atoms with Crippen molar-refractivity contribution in [2.24, 2.45) is 0 Å². The predicted molar refractivity (Wildman–Crippen MR) is 173 cm³/mol. The van der Waals surface area contributed by atoms with Gasteiger partial charge >= 0.3 is 5.97 Å². The maximum atomic E-state index is 12.3. The van der Waals surface area contributed by atoms with Gasteiger partial charge in [0, 0.05) is 44.1 Å². The Hall–Kier alpha value is -3.78. The lowest BCUT2D eigenvalue weighted by Crippen LogP contribution is -2.36. The number of carbonyl (C=O) groups is 2. The Morgan fingerprint density at radius 2 is 1.43 bits per heavy atom. The summed E-state index contributed by atoms with van der Waals surface area (Å²) in [5, 5.41) is 2.67. The quantitative estimate of drug-likeness (QED) is 0.290. The number of hydrogen-bond acceptors (Lipinski definition) is 11. The highest BCUT2D eigenvalue weighted by Gasteiger charge is 2.25. The van der Waals surface area contributed by atoms with Crippen LogP contribution in [0.1, 0.15) is 39.2 Å². The number of anilines is 1. The van der Waals surface area contributed by atoms with Crippen LogP contribution in [0.15, 0.2) is 60.7 Å². The third kappa shape index (κ3) is 11.5. The normalized spacial score (nSPS) is 17.7. The summed E-state index contributed by atoms with van der Waals surface area (Å²) < 4.78 is 28.8. The van der Waals surface area contributed by atoms with Crippen LogP contribution in [-0.2, 0) is 35.0 Å². The standard InChI is InChI=1S/C34H45N5O7/c1-27-5-3-6-30(36-27)25-38-13-17-43-21-23-45-19-15-39(16-20-46-24-22-44-18-14-38)33(28-9-11-29(12-10-28)35-26-40)31-7-4-8-32(37-31)34(41)42-2/h3-12,26,33H,13-25H2,1-2H3,(H,35,40). The van der Waals surface area contributed by atoms with E-state index in [2.05, 4.69) is 25.1 Å². The van der Waals surface area contributed by atoms with Crippen molar-refractivity contribution in [1.29, 1.82) is 0 Å². The molecule has 12 nitrogen and oxygen atoms in total. The van der Waals surface area contributed by atoms with Gasteiger partial charge in [0.25, 0.3) is 0 Å². The number of nitrogens with one attached hydrogen (secondary N) is 1. The van der Waals surface area contributed by atoms with E-state index in [9.17, 15) is 9.59 Å². The monoisotopic (exact) mass is 635 g/mol. The Morgan fingerprint density at radius 1 is 0.826 bits per heavy atom. The van der Waals surface area contributed by atoms with Gasteiger partial charge in [-0.1, -0.05) is 24.3 Å². The lowest BCUT2D eigenvalue weighted by Gasteiger charge is -2.32. The second kappa shape index (κ2) is 19.7. The zero-order valence-electron chi connectivity index (χ0n) is 26.8. The number of rotatable bonds is 8. The number of aryl methyl sites for hydroxylation is 1. The van der Waals surface area contributed by atoms with Gasteiger partial charge in [-0.05, 0) is 48.9 Å². The number of methoxy groups -OCH3 is 1. The fraction of sp³-hybridized carbons (Fsp3) is 0.471. The number of hydrogen-bond donors (Lipinski definition) is 1. The van der Waals surface area contributed by atoms with Crippen LogP contribution in [0.5, 0.6) is 0 Å². The molecule has 1 aliphatic heterocycles. The first-order valence-electron chi connectivity index (χ1n) is 15.6. The van der Waals surface area contributed by atoms with Crippen molar-refractivity contribution in [2.45, 2.75) is 19.5 Å². The largest absolute Gasteiger partial charge is 0.464 e. The highest BCUT2D eigenvalue weighted by molar-refractivity contribution is 5.87. The van der Waals surface area contributed by atoms with Crippen LogP contribution < -0.4 is 5.32 Å². The molecule has 46 heavy (non-hydrogen) atoms. The smallest absolute Gasteiger partial charge is 0.356 e. The van der Waals surface area contributed by atoms with Crippen LogP contribution >= 0.6 is 0 Å². The molecule has 1 aromatic carbocycles. The van der Waals surface area contributed by atoms with Crippen LogP contribution in [-0.4, -0.2) is 118 Å². The molecule has 0 spiro atoms. The number of esters is 1. The molecule has 0 radical (unpaired) electrons. The van der Waals surface area contributed by atoms with Gasteiger partial charge in [-0.3, -0.25) is 19.6 Å². The van der Waals surface area contributed by atoms with Crippen molar-refractivity contribution in [3.05, 3.63) is 89.0 Å². The molecule has 248 valence electrons. The van der Waals surface area contributed by atoms with Crippen molar-refractivity contribution in [3.8, 4) is 0 Å². The van der Waals surface area contributed by atoms with Crippen molar-refractivity contribution < 1.29 is 33.3 Å². The van der Waals surface area contributed by atoms with Crippen LogP contribution in [0.3, 0.4) is 0 Å². The highest BCUT2D eigenvalue weighted by atomic mass is 16.5. The molecule has 1 atom stereocenters. The molecule has 1 saturated heterocycles. The van der Waals surface area contributed by atoms with Crippen molar-refractivity contribution in [2.75, 3.05) is 91.5 Å². The number of nitrogens with zero attached hydrogens (tertiary/aromatic N) is 4. The molecule has 0 bridgehead atoms. The molecule has 1 unspecified atom stereocenters. The molecule has 1 aliphatic rings. The molecule has 1 fully saturated rings. The number of carbonyl (C=O) groups excluding carboxylic acids is 2. The molecule has 3 aromatic rings.